The van der Waals surface area contributed by atoms with E-state index in [1.54, 1.807) is 6.07 Å². The summed E-state index contributed by atoms with van der Waals surface area (Å²) in [4.78, 5) is 16.7. The van der Waals surface area contributed by atoms with Gasteiger partial charge in [-0.1, -0.05) is 29.8 Å². The Balaban J connectivity index is 1.94. The normalized spacial score (nSPS) is 11.7. The summed E-state index contributed by atoms with van der Waals surface area (Å²) >= 11 is 3.41. The van der Waals surface area contributed by atoms with Crippen molar-refractivity contribution in [3.63, 3.8) is 0 Å². The fraction of sp³-hybridized carbons (Fsp3) is 0.250. The van der Waals surface area contributed by atoms with Crippen molar-refractivity contribution in [2.24, 2.45) is 0 Å². The number of halogens is 4. The molecule has 0 spiro atoms. The van der Waals surface area contributed by atoms with Crippen LogP contribution in [0.5, 0.6) is 0 Å². The number of aromatic nitrogens is 3. The van der Waals surface area contributed by atoms with Gasteiger partial charge in [0.25, 0.3) is 5.91 Å². The van der Waals surface area contributed by atoms with Crippen LogP contribution in [0.15, 0.2) is 47.2 Å². The molecule has 2 heterocycles. The molecule has 29 heavy (non-hydrogen) atoms. The van der Waals surface area contributed by atoms with Gasteiger partial charge in [0.15, 0.2) is 5.82 Å². The van der Waals surface area contributed by atoms with Crippen LogP contribution in [0.3, 0.4) is 0 Å². The summed E-state index contributed by atoms with van der Waals surface area (Å²) in [6.07, 6.45) is -2.31. The molecular formula is C20H18BrF3N4O. The average Bonchev–Trinajstić information content (AvgIpc) is 3.10. The molecule has 0 saturated carbocycles. The van der Waals surface area contributed by atoms with Crippen LogP contribution in [0.1, 0.15) is 46.9 Å². The highest BCUT2D eigenvalue weighted by Gasteiger charge is 2.31. The van der Waals surface area contributed by atoms with Crippen LogP contribution >= 0.6 is 15.9 Å². The number of hydrogen-bond donors (Lipinski definition) is 1. The second-order valence-corrected chi connectivity index (χ2v) is 7.69. The van der Waals surface area contributed by atoms with Crippen LogP contribution < -0.4 is 5.32 Å². The molecule has 1 amide bonds. The minimum atomic E-state index is -4.47. The molecule has 5 nitrogen and oxygen atoms in total. The van der Waals surface area contributed by atoms with Gasteiger partial charge >= 0.3 is 6.18 Å². The van der Waals surface area contributed by atoms with Crippen LogP contribution in [-0.4, -0.2) is 20.7 Å². The van der Waals surface area contributed by atoms with Gasteiger partial charge in [0.2, 0.25) is 0 Å². The Kier molecular flexibility index (Phi) is 5.79. The Morgan fingerprint density at radius 1 is 1.17 bits per heavy atom. The molecule has 0 fully saturated rings. The van der Waals surface area contributed by atoms with E-state index in [1.807, 2.05) is 32.9 Å². The summed E-state index contributed by atoms with van der Waals surface area (Å²) in [7, 11) is 0. The fourth-order valence-electron chi connectivity index (χ4n) is 2.87. The third-order valence-electron chi connectivity index (χ3n) is 4.31. The fourth-order valence-corrected chi connectivity index (χ4v) is 3.12. The standard InChI is InChI=1S/C20H18BrF3N4O/c1-11(2)18-15(19(29)27-14-5-6-16(21)12(3)8-14)10-26-28(18)17-7-4-13(9-25-17)20(22,23)24/h4-11H,1-3H3,(H,27,29). The highest BCUT2D eigenvalue weighted by molar-refractivity contribution is 9.10. The van der Waals surface area contributed by atoms with Crippen LogP contribution in [0.25, 0.3) is 5.82 Å². The first-order valence-corrected chi connectivity index (χ1v) is 9.56. The zero-order chi connectivity index (χ0) is 21.3. The molecule has 0 atom stereocenters. The summed E-state index contributed by atoms with van der Waals surface area (Å²) in [5.74, 6) is -0.261. The third kappa shape index (κ3) is 4.50. The summed E-state index contributed by atoms with van der Waals surface area (Å²) < 4.78 is 40.7. The van der Waals surface area contributed by atoms with Gasteiger partial charge in [0, 0.05) is 16.4 Å². The van der Waals surface area contributed by atoms with E-state index < -0.39 is 11.7 Å². The van der Waals surface area contributed by atoms with Crippen LogP contribution in [0, 0.1) is 6.92 Å². The Morgan fingerprint density at radius 3 is 2.45 bits per heavy atom. The number of nitrogens with zero attached hydrogens (tertiary/aromatic N) is 3. The van der Waals surface area contributed by atoms with E-state index >= 15 is 0 Å². The van der Waals surface area contributed by atoms with Gasteiger partial charge in [-0.3, -0.25) is 4.79 Å². The van der Waals surface area contributed by atoms with Crippen molar-refractivity contribution in [2.45, 2.75) is 32.9 Å². The third-order valence-corrected chi connectivity index (χ3v) is 5.20. The zero-order valence-electron chi connectivity index (χ0n) is 15.9. The number of amides is 1. The van der Waals surface area contributed by atoms with Crippen molar-refractivity contribution in [1.29, 1.82) is 0 Å². The number of benzene rings is 1. The molecule has 0 saturated heterocycles. The number of aryl methyl sites for hydroxylation is 1. The minimum Gasteiger partial charge on any atom is -0.322 e. The lowest BCUT2D eigenvalue weighted by molar-refractivity contribution is -0.137. The molecule has 0 aliphatic rings. The monoisotopic (exact) mass is 466 g/mol. The van der Waals surface area contributed by atoms with E-state index in [4.69, 9.17) is 0 Å². The summed E-state index contributed by atoms with van der Waals surface area (Å²) in [5.41, 5.74) is 1.65. The smallest absolute Gasteiger partial charge is 0.322 e. The van der Waals surface area contributed by atoms with E-state index in [1.165, 1.54) is 16.9 Å². The molecule has 1 N–H and O–H groups in total. The second kappa shape index (κ2) is 7.98. The van der Waals surface area contributed by atoms with Gasteiger partial charge < -0.3 is 5.32 Å². The molecule has 152 valence electrons. The van der Waals surface area contributed by atoms with Crippen molar-refractivity contribution < 1.29 is 18.0 Å². The molecule has 0 aliphatic heterocycles. The lowest BCUT2D eigenvalue weighted by Gasteiger charge is -2.13. The largest absolute Gasteiger partial charge is 0.417 e. The number of hydrogen-bond acceptors (Lipinski definition) is 3. The van der Waals surface area contributed by atoms with Crippen LogP contribution in [0.4, 0.5) is 18.9 Å². The molecule has 3 aromatic rings. The molecular weight excluding hydrogens is 449 g/mol. The first-order chi connectivity index (χ1) is 13.6. The van der Waals surface area contributed by atoms with Gasteiger partial charge in [-0.15, -0.1) is 0 Å². The first-order valence-electron chi connectivity index (χ1n) is 8.77. The summed E-state index contributed by atoms with van der Waals surface area (Å²) in [6, 6.07) is 7.62. The van der Waals surface area contributed by atoms with Gasteiger partial charge in [0.05, 0.1) is 23.0 Å². The predicted octanol–water partition coefficient (Wildman–Crippen LogP) is 5.73. The highest BCUT2D eigenvalue weighted by atomic mass is 79.9. The van der Waals surface area contributed by atoms with E-state index in [0.29, 0.717) is 16.9 Å². The maximum Gasteiger partial charge on any atom is 0.417 e. The molecule has 0 aliphatic carbocycles. The lowest BCUT2D eigenvalue weighted by atomic mass is 10.1. The Hall–Kier alpha value is -2.68. The number of carbonyl (C=O) groups is 1. The Labute approximate surface area is 174 Å². The van der Waals surface area contributed by atoms with Crippen molar-refractivity contribution in [2.75, 3.05) is 5.32 Å². The quantitative estimate of drug-likeness (QED) is 0.533. The molecule has 0 bridgehead atoms. The number of carbonyl (C=O) groups excluding carboxylic acids is 1. The summed E-state index contributed by atoms with van der Waals surface area (Å²) in [5, 5.41) is 7.03. The molecule has 9 heteroatoms. The SMILES string of the molecule is Cc1cc(NC(=O)c2cnn(-c3ccc(C(F)(F)F)cn3)c2C(C)C)ccc1Br. The number of anilines is 1. The first kappa shape index (κ1) is 21.0. The van der Waals surface area contributed by atoms with Crippen molar-refractivity contribution in [3.8, 4) is 5.82 Å². The molecule has 3 rings (SSSR count). The topological polar surface area (TPSA) is 59.8 Å². The summed E-state index contributed by atoms with van der Waals surface area (Å²) in [6.45, 7) is 5.66. The van der Waals surface area contributed by atoms with E-state index in [2.05, 4.69) is 31.3 Å². The highest BCUT2D eigenvalue weighted by Crippen LogP contribution is 2.30. The number of pyridine rings is 1. The maximum absolute atomic E-state index is 12.8. The van der Waals surface area contributed by atoms with E-state index in [0.717, 1.165) is 22.3 Å². The molecule has 2 aromatic heterocycles. The average molecular weight is 467 g/mol. The van der Waals surface area contributed by atoms with E-state index in [9.17, 15) is 18.0 Å². The van der Waals surface area contributed by atoms with Crippen molar-refractivity contribution in [3.05, 3.63) is 69.6 Å². The van der Waals surface area contributed by atoms with Crippen molar-refractivity contribution >= 4 is 27.5 Å². The lowest BCUT2D eigenvalue weighted by Crippen LogP contribution is -2.16. The van der Waals surface area contributed by atoms with E-state index in [-0.39, 0.29) is 17.6 Å². The Morgan fingerprint density at radius 2 is 1.90 bits per heavy atom. The maximum atomic E-state index is 12.8. The zero-order valence-corrected chi connectivity index (χ0v) is 17.5. The molecule has 0 radical (unpaired) electrons. The minimum absolute atomic E-state index is 0.117. The van der Waals surface area contributed by atoms with Crippen molar-refractivity contribution in [1.82, 2.24) is 14.8 Å². The van der Waals surface area contributed by atoms with Crippen LogP contribution in [0.2, 0.25) is 0 Å². The predicted molar refractivity (Wildman–Crippen MR) is 107 cm³/mol. The second-order valence-electron chi connectivity index (χ2n) is 6.83. The Bertz CT molecular complexity index is 1040. The number of alkyl halides is 3. The van der Waals surface area contributed by atoms with Gasteiger partial charge in [-0.05, 0) is 48.7 Å². The number of rotatable bonds is 4. The number of nitrogens with one attached hydrogen (secondary N) is 1. The van der Waals surface area contributed by atoms with Gasteiger partial charge in [-0.25, -0.2) is 9.67 Å². The molecule has 0 unspecified atom stereocenters. The molecule has 1 aromatic carbocycles. The van der Waals surface area contributed by atoms with Crippen LogP contribution in [-0.2, 0) is 6.18 Å². The van der Waals surface area contributed by atoms with Gasteiger partial charge in [-0.2, -0.15) is 18.3 Å². The van der Waals surface area contributed by atoms with Gasteiger partial charge in [0.1, 0.15) is 0 Å².